The highest BCUT2D eigenvalue weighted by molar-refractivity contribution is 7.11. The van der Waals surface area contributed by atoms with Crippen LogP contribution < -0.4 is 5.32 Å². The van der Waals surface area contributed by atoms with Gasteiger partial charge < -0.3 is 10.1 Å². The minimum absolute atomic E-state index is 0.525. The van der Waals surface area contributed by atoms with Crippen LogP contribution in [0, 0.1) is 12.8 Å². The fourth-order valence-electron chi connectivity index (χ4n) is 1.77. The fraction of sp³-hybridized carbons (Fsp3) is 0.733. The third kappa shape index (κ3) is 7.14. The van der Waals surface area contributed by atoms with Gasteiger partial charge in [-0.25, -0.2) is 0 Å². The maximum Gasteiger partial charge on any atom is 0.0591 e. The summed E-state index contributed by atoms with van der Waals surface area (Å²) in [5, 5.41) is 3.51. The zero-order valence-corrected chi connectivity index (χ0v) is 13.0. The Bertz CT molecular complexity index is 322. The van der Waals surface area contributed by atoms with Gasteiger partial charge in [-0.1, -0.05) is 13.8 Å². The first kappa shape index (κ1) is 15.7. The molecule has 18 heavy (non-hydrogen) atoms. The van der Waals surface area contributed by atoms with Crippen molar-refractivity contribution in [2.45, 2.75) is 46.6 Å². The Morgan fingerprint density at radius 3 is 2.61 bits per heavy atom. The SMILES string of the molecule is Cc1ccc(CC(C)NCCOCCC(C)C)s1. The standard InChI is InChI=1S/C15H27NOS/c1-12(2)7-9-17-10-8-16-13(3)11-15-6-5-14(4)18-15/h5-6,12-13,16H,7-11H2,1-4H3. The van der Waals surface area contributed by atoms with E-state index in [0.29, 0.717) is 6.04 Å². The Morgan fingerprint density at radius 2 is 2.00 bits per heavy atom. The summed E-state index contributed by atoms with van der Waals surface area (Å²) in [6.07, 6.45) is 2.27. The third-order valence-electron chi connectivity index (χ3n) is 2.88. The van der Waals surface area contributed by atoms with Crippen LogP contribution in [0.4, 0.5) is 0 Å². The predicted octanol–water partition coefficient (Wildman–Crippen LogP) is 3.64. The molecular weight excluding hydrogens is 242 g/mol. The van der Waals surface area contributed by atoms with Gasteiger partial charge in [-0.2, -0.15) is 0 Å². The van der Waals surface area contributed by atoms with Crippen molar-refractivity contribution in [1.29, 1.82) is 0 Å². The lowest BCUT2D eigenvalue weighted by molar-refractivity contribution is 0.123. The van der Waals surface area contributed by atoms with Crippen LogP contribution in [-0.2, 0) is 11.2 Å². The van der Waals surface area contributed by atoms with Gasteiger partial charge in [0.25, 0.3) is 0 Å². The molecule has 0 saturated heterocycles. The van der Waals surface area contributed by atoms with Gasteiger partial charge in [-0.3, -0.25) is 0 Å². The van der Waals surface area contributed by atoms with Gasteiger partial charge >= 0.3 is 0 Å². The average Bonchev–Trinajstić information content (AvgIpc) is 2.68. The molecule has 0 fully saturated rings. The number of nitrogens with one attached hydrogen (secondary N) is 1. The van der Waals surface area contributed by atoms with Gasteiger partial charge in [-0.05, 0) is 44.7 Å². The highest BCUT2D eigenvalue weighted by atomic mass is 32.1. The molecule has 0 radical (unpaired) electrons. The number of aryl methyl sites for hydroxylation is 1. The summed E-state index contributed by atoms with van der Waals surface area (Å²) >= 11 is 1.90. The van der Waals surface area contributed by atoms with Crippen LogP contribution in [0.25, 0.3) is 0 Å². The first-order valence-electron chi connectivity index (χ1n) is 6.94. The molecule has 1 aromatic heterocycles. The summed E-state index contributed by atoms with van der Waals surface area (Å²) in [4.78, 5) is 2.86. The molecule has 1 unspecified atom stereocenters. The van der Waals surface area contributed by atoms with E-state index in [0.717, 1.165) is 38.5 Å². The lowest BCUT2D eigenvalue weighted by Crippen LogP contribution is -2.31. The Morgan fingerprint density at radius 1 is 1.22 bits per heavy atom. The summed E-state index contributed by atoms with van der Waals surface area (Å²) in [5.74, 6) is 0.735. The van der Waals surface area contributed by atoms with E-state index < -0.39 is 0 Å². The molecule has 0 aliphatic heterocycles. The summed E-state index contributed by atoms with van der Waals surface area (Å²) in [5.41, 5.74) is 0. The molecule has 2 nitrogen and oxygen atoms in total. The molecule has 1 heterocycles. The average molecular weight is 269 g/mol. The highest BCUT2D eigenvalue weighted by Crippen LogP contribution is 2.16. The van der Waals surface area contributed by atoms with E-state index in [1.807, 2.05) is 11.3 Å². The minimum atomic E-state index is 0.525. The second-order valence-electron chi connectivity index (χ2n) is 5.37. The van der Waals surface area contributed by atoms with Crippen LogP contribution in [0.1, 0.15) is 36.9 Å². The third-order valence-corrected chi connectivity index (χ3v) is 3.91. The van der Waals surface area contributed by atoms with Gasteiger partial charge in [0.1, 0.15) is 0 Å². The van der Waals surface area contributed by atoms with Gasteiger partial charge in [0.15, 0.2) is 0 Å². The van der Waals surface area contributed by atoms with Crippen molar-refractivity contribution >= 4 is 11.3 Å². The van der Waals surface area contributed by atoms with Crippen LogP contribution in [-0.4, -0.2) is 25.8 Å². The lowest BCUT2D eigenvalue weighted by atomic mass is 10.1. The van der Waals surface area contributed by atoms with Gasteiger partial charge in [-0.15, -0.1) is 11.3 Å². The summed E-state index contributed by atoms with van der Waals surface area (Å²) in [6.45, 7) is 11.5. The van der Waals surface area contributed by atoms with Crippen LogP contribution in [0.15, 0.2) is 12.1 Å². The fourth-order valence-corrected chi connectivity index (χ4v) is 2.79. The predicted molar refractivity (Wildman–Crippen MR) is 80.5 cm³/mol. The maximum absolute atomic E-state index is 5.59. The van der Waals surface area contributed by atoms with E-state index >= 15 is 0 Å². The number of ether oxygens (including phenoxy) is 1. The molecule has 0 aliphatic rings. The second kappa shape index (κ2) is 8.68. The highest BCUT2D eigenvalue weighted by Gasteiger charge is 2.04. The summed E-state index contributed by atoms with van der Waals surface area (Å²) in [6, 6.07) is 4.95. The van der Waals surface area contributed by atoms with Crippen molar-refractivity contribution < 1.29 is 4.74 Å². The smallest absolute Gasteiger partial charge is 0.0591 e. The molecule has 0 bridgehead atoms. The quantitative estimate of drug-likeness (QED) is 0.691. The van der Waals surface area contributed by atoms with E-state index in [1.165, 1.54) is 9.75 Å². The van der Waals surface area contributed by atoms with Crippen LogP contribution in [0.5, 0.6) is 0 Å². The van der Waals surface area contributed by atoms with Crippen LogP contribution in [0.2, 0.25) is 0 Å². The molecule has 104 valence electrons. The largest absolute Gasteiger partial charge is 0.380 e. The molecule has 0 spiro atoms. The summed E-state index contributed by atoms with van der Waals surface area (Å²) < 4.78 is 5.59. The normalized spacial score (nSPS) is 13.2. The van der Waals surface area contributed by atoms with Crippen molar-refractivity contribution in [2.75, 3.05) is 19.8 Å². The molecule has 0 aliphatic carbocycles. The van der Waals surface area contributed by atoms with Gasteiger partial charge in [0.05, 0.1) is 6.61 Å². The number of hydrogen-bond donors (Lipinski definition) is 1. The maximum atomic E-state index is 5.59. The Labute approximate surface area is 116 Å². The molecule has 0 aromatic carbocycles. The molecule has 3 heteroatoms. The molecule has 1 atom stereocenters. The topological polar surface area (TPSA) is 21.3 Å². The Hall–Kier alpha value is -0.380. The first-order valence-corrected chi connectivity index (χ1v) is 7.76. The van der Waals surface area contributed by atoms with Crippen molar-refractivity contribution in [3.05, 3.63) is 21.9 Å². The van der Waals surface area contributed by atoms with Gasteiger partial charge in [0.2, 0.25) is 0 Å². The second-order valence-corrected chi connectivity index (χ2v) is 6.74. The number of rotatable bonds is 9. The molecule has 0 saturated carbocycles. The van der Waals surface area contributed by atoms with Crippen LogP contribution in [0.3, 0.4) is 0 Å². The molecule has 1 N–H and O–H groups in total. The van der Waals surface area contributed by atoms with E-state index in [9.17, 15) is 0 Å². The Kier molecular flexibility index (Phi) is 7.56. The minimum Gasteiger partial charge on any atom is -0.380 e. The number of hydrogen-bond acceptors (Lipinski definition) is 3. The van der Waals surface area contributed by atoms with Gasteiger partial charge in [0, 0.05) is 28.9 Å². The zero-order valence-electron chi connectivity index (χ0n) is 12.2. The van der Waals surface area contributed by atoms with Crippen molar-refractivity contribution in [3.8, 4) is 0 Å². The molecule has 1 aromatic rings. The van der Waals surface area contributed by atoms with Crippen LogP contribution >= 0.6 is 11.3 Å². The molecule has 0 amide bonds. The van der Waals surface area contributed by atoms with Crippen molar-refractivity contribution in [1.82, 2.24) is 5.32 Å². The number of thiophene rings is 1. The van der Waals surface area contributed by atoms with E-state index in [2.05, 4.69) is 45.1 Å². The molecule has 1 rings (SSSR count). The lowest BCUT2D eigenvalue weighted by Gasteiger charge is -2.13. The monoisotopic (exact) mass is 269 g/mol. The molecular formula is C15H27NOS. The van der Waals surface area contributed by atoms with E-state index in [4.69, 9.17) is 4.74 Å². The van der Waals surface area contributed by atoms with E-state index in [1.54, 1.807) is 0 Å². The van der Waals surface area contributed by atoms with E-state index in [-0.39, 0.29) is 0 Å². The zero-order chi connectivity index (χ0) is 13.4. The Balaban J connectivity index is 2.01. The van der Waals surface area contributed by atoms with Crippen molar-refractivity contribution in [3.63, 3.8) is 0 Å². The summed E-state index contributed by atoms with van der Waals surface area (Å²) in [7, 11) is 0. The first-order chi connectivity index (χ1) is 8.58. The van der Waals surface area contributed by atoms with Crippen molar-refractivity contribution in [2.24, 2.45) is 5.92 Å².